The van der Waals surface area contributed by atoms with E-state index in [1.54, 1.807) is 24.3 Å². The fraction of sp³-hybridized carbons (Fsp3) is 0.0500. The van der Waals surface area contributed by atoms with Gasteiger partial charge in [-0.2, -0.15) is 0 Å². The number of hydrogen-bond donors (Lipinski definition) is 0. The summed E-state index contributed by atoms with van der Waals surface area (Å²) in [4.78, 5) is 12.4. The van der Waals surface area contributed by atoms with Crippen molar-refractivity contribution in [3.63, 3.8) is 0 Å². The fourth-order valence-electron chi connectivity index (χ4n) is 2.67. The Hall–Kier alpha value is -2.78. The van der Waals surface area contributed by atoms with Crippen molar-refractivity contribution in [2.75, 3.05) is 0 Å². The molecule has 1 aliphatic rings. The van der Waals surface area contributed by atoms with E-state index in [4.69, 9.17) is 20.8 Å². The van der Waals surface area contributed by atoms with Gasteiger partial charge in [-0.15, -0.1) is 0 Å². The van der Waals surface area contributed by atoms with Gasteiger partial charge in [0.1, 0.15) is 17.3 Å². The number of fused-ring (bicyclic) bond motifs is 1. The zero-order valence-electron chi connectivity index (χ0n) is 12.9. The number of hydrogen-bond acceptors (Lipinski definition) is 3. The van der Waals surface area contributed by atoms with Gasteiger partial charge in [0.05, 0.1) is 10.6 Å². The molecule has 4 heteroatoms. The number of halogens is 1. The number of allylic oxidation sites excluding steroid dienone is 1. The Morgan fingerprint density at radius 1 is 1.00 bits per heavy atom. The van der Waals surface area contributed by atoms with Gasteiger partial charge in [-0.3, -0.25) is 4.79 Å². The molecule has 118 valence electrons. The molecular weight excluding hydrogens is 324 g/mol. The van der Waals surface area contributed by atoms with E-state index in [9.17, 15) is 4.79 Å². The summed E-state index contributed by atoms with van der Waals surface area (Å²) in [6.45, 7) is 1.94. The van der Waals surface area contributed by atoms with Crippen molar-refractivity contribution < 1.29 is 13.9 Å². The molecule has 1 aliphatic heterocycles. The summed E-state index contributed by atoms with van der Waals surface area (Å²) in [5.74, 6) is 1.89. The Balaban J connectivity index is 1.66. The number of carbonyl (C=O) groups is 1. The zero-order chi connectivity index (χ0) is 16.7. The van der Waals surface area contributed by atoms with Crippen LogP contribution in [0.25, 0.3) is 17.4 Å². The van der Waals surface area contributed by atoms with Crippen LogP contribution in [0.3, 0.4) is 0 Å². The van der Waals surface area contributed by atoms with Gasteiger partial charge in [0.25, 0.3) is 0 Å². The number of Topliss-reactive ketones (excluding diaryl/α,β-unsaturated/α-hetero) is 1. The Morgan fingerprint density at radius 3 is 2.67 bits per heavy atom. The topological polar surface area (TPSA) is 39.4 Å². The molecule has 4 rings (SSSR count). The predicted octanol–water partition coefficient (Wildman–Crippen LogP) is 5.52. The summed E-state index contributed by atoms with van der Waals surface area (Å²) in [6, 6.07) is 16.6. The molecule has 2 aromatic carbocycles. The first-order valence-corrected chi connectivity index (χ1v) is 7.89. The third kappa shape index (κ3) is 2.53. The van der Waals surface area contributed by atoms with Gasteiger partial charge in [-0.05, 0) is 43.3 Å². The number of rotatable bonds is 2. The lowest BCUT2D eigenvalue weighted by Gasteiger charge is -1.99. The first-order chi connectivity index (χ1) is 11.6. The van der Waals surface area contributed by atoms with Crippen LogP contribution in [0.5, 0.6) is 5.75 Å². The minimum atomic E-state index is -0.135. The summed E-state index contributed by atoms with van der Waals surface area (Å²) in [6.07, 6.45) is 1.61. The SMILES string of the molecule is Cc1ccc2c(c1)C(=O)C(=Cc1ccc(-c3ccccc3Cl)o1)O2. The highest BCUT2D eigenvalue weighted by molar-refractivity contribution is 6.33. The number of furan rings is 1. The van der Waals surface area contributed by atoms with Gasteiger partial charge in [0.2, 0.25) is 5.78 Å². The minimum Gasteiger partial charge on any atom is -0.457 e. The molecule has 0 unspecified atom stereocenters. The predicted molar refractivity (Wildman–Crippen MR) is 93.3 cm³/mol. The molecule has 0 N–H and O–H groups in total. The van der Waals surface area contributed by atoms with Crippen molar-refractivity contribution in [3.05, 3.63) is 82.3 Å². The van der Waals surface area contributed by atoms with Crippen molar-refractivity contribution in [1.29, 1.82) is 0 Å². The van der Waals surface area contributed by atoms with Crippen molar-refractivity contribution in [2.45, 2.75) is 6.92 Å². The smallest absolute Gasteiger partial charge is 0.232 e. The lowest BCUT2D eigenvalue weighted by Crippen LogP contribution is -1.97. The van der Waals surface area contributed by atoms with E-state index in [-0.39, 0.29) is 11.5 Å². The van der Waals surface area contributed by atoms with Gasteiger partial charge in [-0.1, -0.05) is 35.4 Å². The van der Waals surface area contributed by atoms with Gasteiger partial charge in [0, 0.05) is 11.6 Å². The second-order valence-electron chi connectivity index (χ2n) is 5.62. The molecule has 1 aromatic heterocycles. The normalized spacial score (nSPS) is 14.8. The van der Waals surface area contributed by atoms with Crippen LogP contribution in [0.1, 0.15) is 21.7 Å². The average molecular weight is 337 g/mol. The maximum atomic E-state index is 12.4. The molecule has 0 saturated carbocycles. The van der Waals surface area contributed by atoms with E-state index in [1.807, 2.05) is 43.3 Å². The number of carbonyl (C=O) groups excluding carboxylic acids is 1. The van der Waals surface area contributed by atoms with Crippen molar-refractivity contribution in [2.24, 2.45) is 0 Å². The molecular formula is C20H13ClO3. The molecule has 0 amide bonds. The lowest BCUT2D eigenvalue weighted by molar-refractivity contribution is 0.101. The second-order valence-corrected chi connectivity index (χ2v) is 6.03. The van der Waals surface area contributed by atoms with Gasteiger partial charge in [0.15, 0.2) is 5.76 Å². The van der Waals surface area contributed by atoms with E-state index in [0.717, 1.165) is 11.1 Å². The molecule has 0 spiro atoms. The maximum Gasteiger partial charge on any atom is 0.232 e. The Bertz CT molecular complexity index is 982. The van der Waals surface area contributed by atoms with Crippen molar-refractivity contribution in [3.8, 4) is 17.1 Å². The Kier molecular flexibility index (Phi) is 3.51. The van der Waals surface area contributed by atoms with E-state index < -0.39 is 0 Å². The summed E-state index contributed by atoms with van der Waals surface area (Å²) >= 11 is 6.18. The third-order valence-electron chi connectivity index (χ3n) is 3.86. The van der Waals surface area contributed by atoms with Crippen LogP contribution in [-0.2, 0) is 0 Å². The van der Waals surface area contributed by atoms with Gasteiger partial charge >= 0.3 is 0 Å². The number of aryl methyl sites for hydroxylation is 1. The van der Waals surface area contributed by atoms with Crippen LogP contribution < -0.4 is 4.74 Å². The molecule has 0 radical (unpaired) electrons. The Labute approximate surface area is 144 Å². The quantitative estimate of drug-likeness (QED) is 0.578. The van der Waals surface area contributed by atoms with E-state index in [1.165, 1.54) is 0 Å². The fourth-order valence-corrected chi connectivity index (χ4v) is 2.90. The number of benzene rings is 2. The highest BCUT2D eigenvalue weighted by atomic mass is 35.5. The molecule has 0 fully saturated rings. The summed E-state index contributed by atoms with van der Waals surface area (Å²) in [7, 11) is 0. The molecule has 0 aliphatic carbocycles. The average Bonchev–Trinajstić information content (AvgIpc) is 3.15. The highest BCUT2D eigenvalue weighted by Gasteiger charge is 2.27. The molecule has 24 heavy (non-hydrogen) atoms. The molecule has 2 heterocycles. The Morgan fingerprint density at radius 2 is 1.83 bits per heavy atom. The molecule has 3 nitrogen and oxygen atoms in total. The van der Waals surface area contributed by atoms with Gasteiger partial charge < -0.3 is 9.15 Å². The highest BCUT2D eigenvalue weighted by Crippen LogP contribution is 2.34. The van der Waals surface area contributed by atoms with Crippen LogP contribution in [0.15, 0.2) is 64.8 Å². The minimum absolute atomic E-state index is 0.135. The summed E-state index contributed by atoms with van der Waals surface area (Å²) < 4.78 is 11.4. The van der Waals surface area contributed by atoms with E-state index in [0.29, 0.717) is 27.9 Å². The standard InChI is InChI=1S/C20H13ClO3/c1-12-6-8-18-15(10-12)20(22)19(24-18)11-13-7-9-17(23-13)14-4-2-3-5-16(14)21/h2-11H,1H3. The number of ether oxygens (including phenoxy) is 1. The first-order valence-electron chi connectivity index (χ1n) is 7.51. The number of ketones is 1. The van der Waals surface area contributed by atoms with Crippen LogP contribution in [0, 0.1) is 6.92 Å². The summed E-state index contributed by atoms with van der Waals surface area (Å²) in [5, 5.41) is 0.613. The van der Waals surface area contributed by atoms with Crippen molar-refractivity contribution >= 4 is 23.5 Å². The van der Waals surface area contributed by atoms with Crippen LogP contribution in [0.2, 0.25) is 5.02 Å². The lowest BCUT2D eigenvalue weighted by atomic mass is 10.1. The van der Waals surface area contributed by atoms with E-state index in [2.05, 4.69) is 0 Å². The van der Waals surface area contributed by atoms with Crippen LogP contribution in [-0.4, -0.2) is 5.78 Å². The van der Waals surface area contributed by atoms with Gasteiger partial charge in [-0.25, -0.2) is 0 Å². The molecule has 3 aromatic rings. The van der Waals surface area contributed by atoms with Crippen LogP contribution in [0.4, 0.5) is 0 Å². The summed E-state index contributed by atoms with van der Waals surface area (Å²) in [5.41, 5.74) is 2.41. The van der Waals surface area contributed by atoms with Crippen molar-refractivity contribution in [1.82, 2.24) is 0 Å². The molecule has 0 bridgehead atoms. The monoisotopic (exact) mass is 336 g/mol. The van der Waals surface area contributed by atoms with E-state index >= 15 is 0 Å². The van der Waals surface area contributed by atoms with Crippen LogP contribution >= 0.6 is 11.6 Å². The second kappa shape index (κ2) is 5.69. The third-order valence-corrected chi connectivity index (χ3v) is 4.19. The molecule has 0 atom stereocenters. The maximum absolute atomic E-state index is 12.4. The zero-order valence-corrected chi connectivity index (χ0v) is 13.6. The molecule has 0 saturated heterocycles. The first kappa shape index (κ1) is 14.8. The largest absolute Gasteiger partial charge is 0.457 e.